The number of fused-ring (bicyclic) bond motifs is 1. The summed E-state index contributed by atoms with van der Waals surface area (Å²) in [6, 6.07) is 5.81. The van der Waals surface area contributed by atoms with Crippen LogP contribution in [0.3, 0.4) is 0 Å². The fourth-order valence-electron chi connectivity index (χ4n) is 4.29. The Labute approximate surface area is 191 Å². The molecule has 7 nitrogen and oxygen atoms in total. The Balaban J connectivity index is 1.36. The molecule has 0 saturated carbocycles. The molecule has 1 saturated heterocycles. The van der Waals surface area contributed by atoms with Crippen LogP contribution in [0.5, 0.6) is 0 Å². The Hall–Kier alpha value is -2.55. The summed E-state index contributed by atoms with van der Waals surface area (Å²) in [5.74, 6) is -0.165. The summed E-state index contributed by atoms with van der Waals surface area (Å²) in [6.07, 6.45) is 0.927. The number of aryl methyl sites for hydroxylation is 2. The number of thiazole rings is 1. The normalized spacial score (nSPS) is 19.4. The zero-order valence-corrected chi connectivity index (χ0v) is 19.8. The SMILES string of the molecule is Cc1ccc2c(C)c(CCC(=O)Nc3nc(CN4CC(C)OC(C)C4)cs3)c(=O)oc2c1. The van der Waals surface area contributed by atoms with Crippen LogP contribution < -0.4 is 10.9 Å². The van der Waals surface area contributed by atoms with E-state index in [1.807, 2.05) is 37.4 Å². The fourth-order valence-corrected chi connectivity index (χ4v) is 5.01. The van der Waals surface area contributed by atoms with Crippen molar-refractivity contribution in [2.24, 2.45) is 0 Å². The molecule has 3 heterocycles. The van der Waals surface area contributed by atoms with E-state index < -0.39 is 0 Å². The van der Waals surface area contributed by atoms with Crippen molar-refractivity contribution in [1.29, 1.82) is 0 Å². The Kier molecular flexibility index (Phi) is 6.74. The molecule has 0 spiro atoms. The Morgan fingerprint density at radius 2 is 2.00 bits per heavy atom. The van der Waals surface area contributed by atoms with Gasteiger partial charge < -0.3 is 14.5 Å². The van der Waals surface area contributed by atoms with E-state index in [0.29, 0.717) is 22.7 Å². The molecule has 1 aliphatic rings. The first-order chi connectivity index (χ1) is 15.3. The van der Waals surface area contributed by atoms with Crippen molar-refractivity contribution < 1.29 is 13.9 Å². The van der Waals surface area contributed by atoms with E-state index in [9.17, 15) is 9.59 Å². The minimum absolute atomic E-state index is 0.165. The highest BCUT2D eigenvalue weighted by Crippen LogP contribution is 2.22. The van der Waals surface area contributed by atoms with Crippen molar-refractivity contribution in [3.05, 3.63) is 56.4 Å². The number of ether oxygens (including phenoxy) is 1. The monoisotopic (exact) mass is 455 g/mol. The second-order valence-corrected chi connectivity index (χ2v) is 9.49. The lowest BCUT2D eigenvalue weighted by Crippen LogP contribution is -2.44. The van der Waals surface area contributed by atoms with Crippen LogP contribution in [0.4, 0.5) is 5.13 Å². The molecule has 32 heavy (non-hydrogen) atoms. The van der Waals surface area contributed by atoms with Crippen LogP contribution >= 0.6 is 11.3 Å². The number of benzene rings is 1. The van der Waals surface area contributed by atoms with E-state index in [0.717, 1.165) is 41.8 Å². The number of morpholine rings is 1. The lowest BCUT2D eigenvalue weighted by Gasteiger charge is -2.34. The number of nitrogens with zero attached hydrogens (tertiary/aromatic N) is 2. The molecule has 1 aromatic carbocycles. The Morgan fingerprint density at radius 3 is 2.75 bits per heavy atom. The topological polar surface area (TPSA) is 84.7 Å². The standard InChI is InChI=1S/C24H29N3O4S/c1-14-5-6-19-17(4)20(23(29)31-21(19)9-14)7-8-22(28)26-24-25-18(13-32-24)12-27-10-15(2)30-16(3)11-27/h5-6,9,13,15-16H,7-8,10-12H2,1-4H3,(H,25,26,28). The first kappa shape index (κ1) is 22.6. The largest absolute Gasteiger partial charge is 0.423 e. The third-order valence-electron chi connectivity index (χ3n) is 5.72. The maximum absolute atomic E-state index is 12.5. The van der Waals surface area contributed by atoms with Crippen LogP contribution in [-0.4, -0.2) is 41.1 Å². The molecule has 0 bridgehead atoms. The molecule has 3 aromatic rings. The average Bonchev–Trinajstić information content (AvgIpc) is 3.13. The van der Waals surface area contributed by atoms with Crippen LogP contribution in [0.25, 0.3) is 11.0 Å². The van der Waals surface area contributed by atoms with Crippen molar-refractivity contribution in [2.75, 3.05) is 18.4 Å². The van der Waals surface area contributed by atoms with Gasteiger partial charge in [0.15, 0.2) is 5.13 Å². The number of hydrogen-bond donors (Lipinski definition) is 1. The molecular weight excluding hydrogens is 426 g/mol. The van der Waals surface area contributed by atoms with Crippen molar-refractivity contribution in [3.63, 3.8) is 0 Å². The molecule has 1 fully saturated rings. The van der Waals surface area contributed by atoms with Crippen molar-refractivity contribution in [3.8, 4) is 0 Å². The average molecular weight is 456 g/mol. The molecule has 4 rings (SSSR count). The van der Waals surface area contributed by atoms with Gasteiger partial charge in [-0.2, -0.15) is 0 Å². The van der Waals surface area contributed by atoms with Crippen molar-refractivity contribution in [2.45, 2.75) is 59.3 Å². The van der Waals surface area contributed by atoms with Crippen LogP contribution in [0, 0.1) is 13.8 Å². The molecule has 1 amide bonds. The lowest BCUT2D eigenvalue weighted by atomic mass is 10.0. The highest BCUT2D eigenvalue weighted by molar-refractivity contribution is 7.13. The van der Waals surface area contributed by atoms with E-state index in [1.54, 1.807) is 0 Å². The van der Waals surface area contributed by atoms with Crippen LogP contribution in [0.1, 0.15) is 42.7 Å². The first-order valence-electron chi connectivity index (χ1n) is 10.9. The smallest absolute Gasteiger partial charge is 0.339 e. The van der Waals surface area contributed by atoms with Gasteiger partial charge in [0.2, 0.25) is 5.91 Å². The molecular formula is C24H29N3O4S. The Bertz CT molecular complexity index is 1180. The summed E-state index contributed by atoms with van der Waals surface area (Å²) < 4.78 is 11.3. The highest BCUT2D eigenvalue weighted by atomic mass is 32.1. The number of rotatable bonds is 6. The van der Waals surface area contributed by atoms with Crippen molar-refractivity contribution in [1.82, 2.24) is 9.88 Å². The maximum Gasteiger partial charge on any atom is 0.339 e. The van der Waals surface area contributed by atoms with E-state index in [2.05, 4.69) is 29.0 Å². The molecule has 170 valence electrons. The predicted octanol–water partition coefficient (Wildman–Crippen LogP) is 4.05. The van der Waals surface area contributed by atoms with Crippen LogP contribution in [-0.2, 0) is 22.5 Å². The van der Waals surface area contributed by atoms with E-state index in [1.165, 1.54) is 11.3 Å². The number of anilines is 1. The molecule has 0 radical (unpaired) electrons. The van der Waals surface area contributed by atoms with Gasteiger partial charge in [-0.15, -0.1) is 11.3 Å². The quantitative estimate of drug-likeness (QED) is 0.565. The number of carbonyl (C=O) groups is 1. The van der Waals surface area contributed by atoms with E-state index in [-0.39, 0.29) is 30.2 Å². The van der Waals surface area contributed by atoms with Crippen LogP contribution in [0.15, 0.2) is 32.8 Å². The third kappa shape index (κ3) is 5.26. The Morgan fingerprint density at radius 1 is 1.25 bits per heavy atom. The summed E-state index contributed by atoms with van der Waals surface area (Å²) in [4.78, 5) is 31.8. The number of amides is 1. The molecule has 2 unspecified atom stereocenters. The third-order valence-corrected chi connectivity index (χ3v) is 6.53. The first-order valence-corrected chi connectivity index (χ1v) is 11.8. The van der Waals surface area contributed by atoms with E-state index >= 15 is 0 Å². The summed E-state index contributed by atoms with van der Waals surface area (Å²) in [6.45, 7) is 10.5. The minimum Gasteiger partial charge on any atom is -0.423 e. The number of carbonyl (C=O) groups excluding carboxylic acids is 1. The molecule has 0 aliphatic carbocycles. The van der Waals surface area contributed by atoms with Gasteiger partial charge in [-0.3, -0.25) is 9.69 Å². The molecule has 1 aliphatic heterocycles. The van der Waals surface area contributed by atoms with Gasteiger partial charge in [0, 0.05) is 42.4 Å². The van der Waals surface area contributed by atoms with Gasteiger partial charge in [0.25, 0.3) is 0 Å². The van der Waals surface area contributed by atoms with Gasteiger partial charge in [-0.25, -0.2) is 9.78 Å². The lowest BCUT2D eigenvalue weighted by molar-refractivity contribution is -0.116. The van der Waals surface area contributed by atoms with Gasteiger partial charge in [0.1, 0.15) is 5.58 Å². The molecule has 2 aromatic heterocycles. The zero-order valence-electron chi connectivity index (χ0n) is 18.9. The molecule has 8 heteroatoms. The van der Waals surface area contributed by atoms with Crippen LogP contribution in [0.2, 0.25) is 0 Å². The number of aromatic nitrogens is 1. The second kappa shape index (κ2) is 9.52. The second-order valence-electron chi connectivity index (χ2n) is 8.64. The van der Waals surface area contributed by atoms with E-state index in [4.69, 9.17) is 9.15 Å². The van der Waals surface area contributed by atoms with Gasteiger partial charge in [-0.1, -0.05) is 12.1 Å². The molecule has 1 N–H and O–H groups in total. The zero-order chi connectivity index (χ0) is 22.8. The summed E-state index contributed by atoms with van der Waals surface area (Å²) in [5, 5.41) is 6.33. The van der Waals surface area contributed by atoms with Gasteiger partial charge in [0.05, 0.1) is 17.9 Å². The predicted molar refractivity (Wildman–Crippen MR) is 126 cm³/mol. The van der Waals surface area contributed by atoms with Gasteiger partial charge >= 0.3 is 5.63 Å². The van der Waals surface area contributed by atoms with Crippen molar-refractivity contribution >= 4 is 33.3 Å². The summed E-state index contributed by atoms with van der Waals surface area (Å²) >= 11 is 1.42. The fraction of sp³-hybridized carbons (Fsp3) is 0.458. The maximum atomic E-state index is 12.5. The highest BCUT2D eigenvalue weighted by Gasteiger charge is 2.23. The molecule has 2 atom stereocenters. The number of nitrogens with one attached hydrogen (secondary N) is 1. The minimum atomic E-state index is -0.376. The summed E-state index contributed by atoms with van der Waals surface area (Å²) in [5.41, 5.74) is 3.60. The van der Waals surface area contributed by atoms with Gasteiger partial charge in [-0.05, 0) is 51.3 Å². The summed E-state index contributed by atoms with van der Waals surface area (Å²) in [7, 11) is 0. The number of hydrogen-bond acceptors (Lipinski definition) is 7.